The van der Waals surface area contributed by atoms with Crippen molar-refractivity contribution in [3.63, 3.8) is 0 Å². The van der Waals surface area contributed by atoms with Crippen molar-refractivity contribution < 1.29 is 22.7 Å². The Kier molecular flexibility index (Phi) is 9.70. The molecule has 8 nitrogen and oxygen atoms in total. The van der Waals surface area contributed by atoms with Gasteiger partial charge in [0.2, 0.25) is 10.0 Å². The monoisotopic (exact) mass is 491 g/mol. The Morgan fingerprint density at radius 1 is 1.29 bits per heavy atom. The fraction of sp³-hybridized carbons (Fsp3) is 0.560. The number of allylic oxidation sites excluding steroid dienone is 1. The number of alkyl carbamates (subject to hydrolysis) is 1. The molecule has 2 aliphatic rings. The Labute approximate surface area is 203 Å². The van der Waals surface area contributed by atoms with Crippen LogP contribution in [0.5, 0.6) is 0 Å². The highest BCUT2D eigenvalue weighted by Gasteiger charge is 2.29. The molecule has 0 saturated carbocycles. The standard InChI is InChI=1S/C25H37N3O5S/c1-19(2)17-28(34(30,31)24-10-8-21(26)9-11-24)14-12-22(16-20-6-4-3-5-7-20)27-25(29)33-23-13-15-32-18-23/h3-8,10-11,19,21-23H,9,12-18,26H2,1-2H3,(H,27,29). The van der Waals surface area contributed by atoms with E-state index in [0.717, 1.165) is 5.56 Å². The van der Waals surface area contributed by atoms with E-state index in [2.05, 4.69) is 5.32 Å². The molecule has 1 heterocycles. The van der Waals surface area contributed by atoms with Gasteiger partial charge < -0.3 is 20.5 Å². The molecule has 1 saturated heterocycles. The average molecular weight is 492 g/mol. The highest BCUT2D eigenvalue weighted by Crippen LogP contribution is 2.22. The summed E-state index contributed by atoms with van der Waals surface area (Å²) in [5.41, 5.74) is 6.93. The lowest BCUT2D eigenvalue weighted by molar-refractivity contribution is 0.0803. The molecule has 1 aromatic rings. The van der Waals surface area contributed by atoms with Crippen LogP contribution in [0.1, 0.15) is 38.7 Å². The SMILES string of the molecule is CC(C)CN(CCC(Cc1ccccc1)NC(=O)OC1CCOC1)S(=O)(=O)C1=CCC(N)C=C1. The first kappa shape index (κ1) is 26.4. The molecule has 0 aromatic heterocycles. The fourth-order valence-corrected chi connectivity index (χ4v) is 5.75. The van der Waals surface area contributed by atoms with Gasteiger partial charge in [-0.05, 0) is 36.8 Å². The zero-order valence-electron chi connectivity index (χ0n) is 20.1. The maximum absolute atomic E-state index is 13.4. The molecule has 3 unspecified atom stereocenters. The molecule has 9 heteroatoms. The Bertz CT molecular complexity index is 956. The molecular weight excluding hydrogens is 454 g/mol. The van der Waals surface area contributed by atoms with Crippen LogP contribution in [0.15, 0.2) is 53.5 Å². The second-order valence-corrected chi connectivity index (χ2v) is 11.3. The molecule has 1 aliphatic heterocycles. The van der Waals surface area contributed by atoms with Crippen molar-refractivity contribution in [1.29, 1.82) is 0 Å². The van der Waals surface area contributed by atoms with E-state index in [4.69, 9.17) is 15.2 Å². The maximum Gasteiger partial charge on any atom is 0.407 e. The lowest BCUT2D eigenvalue weighted by atomic mass is 10.0. The summed E-state index contributed by atoms with van der Waals surface area (Å²) in [6, 6.07) is 9.38. The van der Waals surface area contributed by atoms with Crippen molar-refractivity contribution in [2.75, 3.05) is 26.3 Å². The van der Waals surface area contributed by atoms with Crippen LogP contribution in [0, 0.1) is 5.92 Å². The summed E-state index contributed by atoms with van der Waals surface area (Å²) < 4.78 is 39.1. The van der Waals surface area contributed by atoms with Crippen molar-refractivity contribution in [2.24, 2.45) is 11.7 Å². The van der Waals surface area contributed by atoms with Crippen LogP contribution >= 0.6 is 0 Å². The van der Waals surface area contributed by atoms with Gasteiger partial charge in [-0.25, -0.2) is 13.2 Å². The molecule has 0 radical (unpaired) electrons. The van der Waals surface area contributed by atoms with Crippen LogP contribution in [-0.2, 0) is 25.9 Å². The smallest absolute Gasteiger partial charge is 0.407 e. The minimum atomic E-state index is -3.67. The first-order valence-corrected chi connectivity index (χ1v) is 13.4. The van der Waals surface area contributed by atoms with Gasteiger partial charge in [-0.3, -0.25) is 0 Å². The van der Waals surface area contributed by atoms with E-state index in [1.54, 1.807) is 18.2 Å². The molecule has 3 N–H and O–H groups in total. The summed E-state index contributed by atoms with van der Waals surface area (Å²) >= 11 is 0. The molecule has 1 fully saturated rings. The second-order valence-electron chi connectivity index (χ2n) is 9.33. The molecule has 1 aromatic carbocycles. The van der Waals surface area contributed by atoms with Gasteiger partial charge in [-0.15, -0.1) is 0 Å². The van der Waals surface area contributed by atoms with Crippen LogP contribution in [0.25, 0.3) is 0 Å². The number of amides is 1. The Hall–Kier alpha value is -2.20. The quantitative estimate of drug-likeness (QED) is 0.492. The van der Waals surface area contributed by atoms with Crippen LogP contribution in [-0.4, -0.2) is 63.3 Å². The van der Waals surface area contributed by atoms with Gasteiger partial charge in [0.15, 0.2) is 0 Å². The third-order valence-corrected chi connectivity index (χ3v) is 7.75. The molecule has 0 spiro atoms. The summed E-state index contributed by atoms with van der Waals surface area (Å²) in [4.78, 5) is 12.8. The van der Waals surface area contributed by atoms with Gasteiger partial charge in [-0.1, -0.05) is 56.3 Å². The van der Waals surface area contributed by atoms with E-state index in [9.17, 15) is 13.2 Å². The lowest BCUT2D eigenvalue weighted by Crippen LogP contribution is -2.43. The van der Waals surface area contributed by atoms with Crippen molar-refractivity contribution in [3.05, 3.63) is 59.0 Å². The van der Waals surface area contributed by atoms with E-state index in [1.165, 1.54) is 4.31 Å². The molecule has 3 atom stereocenters. The Morgan fingerprint density at radius 2 is 2.06 bits per heavy atom. The first-order valence-electron chi connectivity index (χ1n) is 12.0. The average Bonchev–Trinajstić information content (AvgIpc) is 3.30. The molecule has 34 heavy (non-hydrogen) atoms. The highest BCUT2D eigenvalue weighted by molar-refractivity contribution is 7.93. The predicted octanol–water partition coefficient (Wildman–Crippen LogP) is 2.96. The zero-order chi connectivity index (χ0) is 24.6. The summed E-state index contributed by atoms with van der Waals surface area (Å²) in [5, 5.41) is 2.95. The van der Waals surface area contributed by atoms with Crippen LogP contribution in [0.2, 0.25) is 0 Å². The van der Waals surface area contributed by atoms with E-state index in [0.29, 0.717) is 45.4 Å². The summed E-state index contributed by atoms with van der Waals surface area (Å²) in [6.07, 6.45) is 6.47. The predicted molar refractivity (Wildman–Crippen MR) is 133 cm³/mol. The maximum atomic E-state index is 13.4. The summed E-state index contributed by atoms with van der Waals surface area (Å²) in [5.74, 6) is 0.151. The van der Waals surface area contributed by atoms with Gasteiger partial charge >= 0.3 is 6.09 Å². The van der Waals surface area contributed by atoms with Crippen LogP contribution in [0.3, 0.4) is 0 Å². The number of nitrogens with one attached hydrogen (secondary N) is 1. The van der Waals surface area contributed by atoms with Crippen LogP contribution < -0.4 is 11.1 Å². The van der Waals surface area contributed by atoms with Crippen LogP contribution in [0.4, 0.5) is 4.79 Å². The normalized spacial score (nSPS) is 21.5. The third kappa shape index (κ3) is 7.94. The largest absolute Gasteiger partial charge is 0.444 e. The number of carbonyl (C=O) groups is 1. The number of hydrogen-bond donors (Lipinski definition) is 2. The molecular formula is C25H37N3O5S. The van der Waals surface area contributed by atoms with Crippen molar-refractivity contribution in [1.82, 2.24) is 9.62 Å². The zero-order valence-corrected chi connectivity index (χ0v) is 20.9. The summed E-state index contributed by atoms with van der Waals surface area (Å²) in [6.45, 7) is 5.64. The molecule has 3 rings (SSSR count). The van der Waals surface area contributed by atoms with E-state index < -0.39 is 16.1 Å². The third-order valence-electron chi connectivity index (χ3n) is 5.84. The number of hydrogen-bond acceptors (Lipinski definition) is 6. The molecule has 0 bridgehead atoms. The van der Waals surface area contributed by atoms with Crippen molar-refractivity contribution >= 4 is 16.1 Å². The number of benzene rings is 1. The summed E-state index contributed by atoms with van der Waals surface area (Å²) in [7, 11) is -3.67. The van der Waals surface area contributed by atoms with E-state index in [-0.39, 0.29) is 35.6 Å². The molecule has 188 valence electrons. The number of nitrogens with zero attached hydrogens (tertiary/aromatic N) is 1. The topological polar surface area (TPSA) is 111 Å². The minimum Gasteiger partial charge on any atom is -0.444 e. The van der Waals surface area contributed by atoms with Gasteiger partial charge in [0.25, 0.3) is 0 Å². The number of sulfonamides is 1. The van der Waals surface area contributed by atoms with Crippen molar-refractivity contribution in [3.8, 4) is 0 Å². The van der Waals surface area contributed by atoms with Gasteiger partial charge in [0.05, 0.1) is 18.1 Å². The minimum absolute atomic E-state index is 0.151. The first-order chi connectivity index (χ1) is 16.2. The van der Waals surface area contributed by atoms with Gasteiger partial charge in [-0.2, -0.15) is 4.31 Å². The van der Waals surface area contributed by atoms with E-state index >= 15 is 0 Å². The lowest BCUT2D eigenvalue weighted by Gasteiger charge is -2.28. The Balaban J connectivity index is 1.71. The fourth-order valence-electron chi connectivity index (χ4n) is 4.06. The number of nitrogens with two attached hydrogens (primary N) is 1. The Morgan fingerprint density at radius 3 is 2.68 bits per heavy atom. The van der Waals surface area contributed by atoms with Gasteiger partial charge in [0.1, 0.15) is 6.10 Å². The number of ether oxygens (including phenoxy) is 2. The van der Waals surface area contributed by atoms with E-state index in [1.807, 2.05) is 44.2 Å². The molecule has 1 amide bonds. The number of rotatable bonds is 11. The molecule has 1 aliphatic carbocycles. The highest BCUT2D eigenvalue weighted by atomic mass is 32.2. The van der Waals surface area contributed by atoms with Gasteiger partial charge in [0, 0.05) is 31.6 Å². The van der Waals surface area contributed by atoms with Crippen molar-refractivity contribution in [2.45, 2.75) is 57.7 Å². The number of carbonyl (C=O) groups excluding carboxylic acids is 1. The second kappa shape index (κ2) is 12.5.